The first-order valence-corrected chi connectivity index (χ1v) is 21.2. The van der Waals surface area contributed by atoms with Crippen molar-refractivity contribution in [2.24, 2.45) is 0 Å². The van der Waals surface area contributed by atoms with Crippen LogP contribution in [0.4, 0.5) is 0 Å². The molecule has 0 bridgehead atoms. The van der Waals surface area contributed by atoms with Crippen LogP contribution in [-0.4, -0.2) is 9.13 Å². The van der Waals surface area contributed by atoms with Crippen molar-refractivity contribution in [2.45, 2.75) is 78.3 Å². The molecule has 0 aliphatic heterocycles. The Balaban J connectivity index is 0.988. The smallest absolute Gasteiger partial charge is 0.134 e. The van der Waals surface area contributed by atoms with Gasteiger partial charge in [-0.15, -0.1) is 0 Å². The molecule has 0 spiro atoms. The number of nitrogens with one attached hydrogen (secondary N) is 1. The maximum Gasteiger partial charge on any atom is 0.134 e. The van der Waals surface area contributed by atoms with Crippen molar-refractivity contribution >= 4 is 51.0 Å². The molecule has 1 N–H and O–H groups in total. The van der Waals surface area contributed by atoms with Crippen LogP contribution in [0.3, 0.4) is 0 Å². The molecular weight excluding hydrogens is 707 g/mol. The van der Waals surface area contributed by atoms with E-state index in [9.17, 15) is 0 Å². The highest BCUT2D eigenvalue weighted by atomic mass is 16.3. The number of aryl methyl sites for hydroxylation is 3. The van der Waals surface area contributed by atoms with E-state index in [4.69, 9.17) is 4.42 Å². The molecule has 3 heterocycles. The van der Waals surface area contributed by atoms with Crippen molar-refractivity contribution in [3.8, 4) is 22.5 Å². The number of allylic oxidation sites excluding steroid dienone is 3. The maximum atomic E-state index is 6.17. The summed E-state index contributed by atoms with van der Waals surface area (Å²) in [6.07, 6.45) is 18.8. The first kappa shape index (κ1) is 35.1. The van der Waals surface area contributed by atoms with E-state index in [0.717, 1.165) is 56.5 Å². The van der Waals surface area contributed by atoms with Crippen LogP contribution in [0.2, 0.25) is 0 Å². The molecule has 0 fully saturated rings. The van der Waals surface area contributed by atoms with Gasteiger partial charge in [0.05, 0.1) is 11.0 Å². The fourth-order valence-corrected chi connectivity index (χ4v) is 10.5. The van der Waals surface area contributed by atoms with Gasteiger partial charge in [-0.2, -0.15) is 0 Å². The van der Waals surface area contributed by atoms with Gasteiger partial charge >= 0.3 is 0 Å². The van der Waals surface area contributed by atoms with Crippen LogP contribution < -0.4 is 5.32 Å². The third kappa shape index (κ3) is 5.31. The van der Waals surface area contributed by atoms with E-state index in [-0.39, 0.29) is 5.41 Å². The molecular formula is C54H49N3O. The molecule has 3 aromatic heterocycles. The van der Waals surface area contributed by atoms with Gasteiger partial charge in [0, 0.05) is 69.4 Å². The molecule has 286 valence electrons. The van der Waals surface area contributed by atoms with Gasteiger partial charge in [-0.25, -0.2) is 0 Å². The fourth-order valence-electron chi connectivity index (χ4n) is 10.5. The van der Waals surface area contributed by atoms with Crippen molar-refractivity contribution in [1.82, 2.24) is 14.5 Å². The zero-order valence-corrected chi connectivity index (χ0v) is 34.0. The molecule has 0 amide bonds. The summed E-state index contributed by atoms with van der Waals surface area (Å²) in [5, 5.41) is 7.70. The first-order valence-electron chi connectivity index (χ1n) is 21.2. The van der Waals surface area contributed by atoms with Crippen LogP contribution in [0.1, 0.15) is 96.6 Å². The molecule has 58 heavy (non-hydrogen) atoms. The molecule has 0 saturated heterocycles. The molecule has 11 rings (SSSR count). The van der Waals surface area contributed by atoms with Gasteiger partial charge in [0.2, 0.25) is 0 Å². The van der Waals surface area contributed by atoms with Crippen molar-refractivity contribution < 1.29 is 4.42 Å². The lowest BCUT2D eigenvalue weighted by atomic mass is 9.82. The third-order valence-corrected chi connectivity index (χ3v) is 13.2. The average molecular weight is 756 g/mol. The number of aromatic nitrogens is 2. The Kier molecular flexibility index (Phi) is 8.17. The second-order valence-corrected chi connectivity index (χ2v) is 17.0. The lowest BCUT2D eigenvalue weighted by Gasteiger charge is -2.22. The maximum absolute atomic E-state index is 6.17. The molecule has 3 aliphatic rings. The van der Waals surface area contributed by atoms with Crippen LogP contribution in [0.15, 0.2) is 120 Å². The number of furan rings is 1. The van der Waals surface area contributed by atoms with E-state index >= 15 is 0 Å². The summed E-state index contributed by atoms with van der Waals surface area (Å²) in [5.74, 6) is 1.12. The van der Waals surface area contributed by atoms with Gasteiger partial charge in [-0.05, 0) is 144 Å². The molecule has 0 saturated carbocycles. The summed E-state index contributed by atoms with van der Waals surface area (Å²) in [7, 11) is 0. The van der Waals surface area contributed by atoms with Crippen molar-refractivity contribution in [1.29, 1.82) is 0 Å². The normalized spacial score (nSPS) is 15.2. The summed E-state index contributed by atoms with van der Waals surface area (Å²) in [5.41, 5.74) is 20.6. The molecule has 0 atom stereocenters. The second kappa shape index (κ2) is 13.5. The lowest BCUT2D eigenvalue weighted by molar-refractivity contribution is 0.546. The molecule has 4 heteroatoms. The Bertz CT molecular complexity index is 3060. The number of hydrogen-bond donors (Lipinski definition) is 1. The Morgan fingerprint density at radius 3 is 2.34 bits per heavy atom. The minimum Gasteiger partial charge on any atom is -0.460 e. The second-order valence-electron chi connectivity index (χ2n) is 17.0. The highest BCUT2D eigenvalue weighted by Crippen LogP contribution is 2.51. The van der Waals surface area contributed by atoms with Gasteiger partial charge in [-0.3, -0.25) is 0 Å². The quantitative estimate of drug-likeness (QED) is 0.168. The van der Waals surface area contributed by atoms with E-state index in [1.54, 1.807) is 0 Å². The van der Waals surface area contributed by atoms with E-state index < -0.39 is 0 Å². The number of benzene rings is 5. The molecule has 0 radical (unpaired) electrons. The standard InChI is InChI=1S/C54H49N3O/c1-5-14-48-38(6-2)44-30-47-43(31-51(44)57(48)37-16-13-15-36(29-37)56-49-20-10-7-17-39(49)40-18-8-11-21-50(40)56)42-27-34(23-25-46(42)54(47,3)4)32-55-33-35-24-26-53-45(28-35)41-19-9-12-22-52(41)58-53/h5,7,9-11,13-17,19-21,23-31,55H,6,8,12,18,22,32-33H2,1-4H3/b14-5-. The van der Waals surface area contributed by atoms with Crippen molar-refractivity contribution in [2.75, 3.05) is 0 Å². The van der Waals surface area contributed by atoms with Gasteiger partial charge in [0.25, 0.3) is 0 Å². The van der Waals surface area contributed by atoms with Gasteiger partial charge < -0.3 is 18.9 Å². The SMILES string of the molecule is C/C=C\c1c(CC)c2cc3c(cc2n1-c1cccc(-n2c4c(c5ccccc52)CCC=C4)c1)-c1cc(CNCc2ccc4oc5c(c4c2)C=CCC5)ccc1C3(C)C. The van der Waals surface area contributed by atoms with E-state index in [0.29, 0.717) is 0 Å². The largest absolute Gasteiger partial charge is 0.460 e. The zero-order valence-electron chi connectivity index (χ0n) is 34.0. The Morgan fingerprint density at radius 1 is 0.707 bits per heavy atom. The van der Waals surface area contributed by atoms with Crippen LogP contribution in [0.5, 0.6) is 0 Å². The van der Waals surface area contributed by atoms with E-state index in [1.165, 1.54) is 100 Å². The summed E-state index contributed by atoms with van der Waals surface area (Å²) in [6, 6.07) is 36.9. The predicted molar refractivity (Wildman–Crippen MR) is 243 cm³/mol. The van der Waals surface area contributed by atoms with Gasteiger partial charge in [0.15, 0.2) is 0 Å². The number of rotatable bonds is 8. The zero-order chi connectivity index (χ0) is 39.1. The third-order valence-electron chi connectivity index (χ3n) is 13.2. The monoisotopic (exact) mass is 755 g/mol. The van der Waals surface area contributed by atoms with Crippen molar-refractivity contribution in [3.63, 3.8) is 0 Å². The average Bonchev–Trinajstić information content (AvgIpc) is 3.95. The molecule has 0 unspecified atom stereocenters. The number of para-hydroxylation sites is 1. The Morgan fingerprint density at radius 2 is 1.48 bits per heavy atom. The minimum atomic E-state index is -0.103. The van der Waals surface area contributed by atoms with E-state index in [1.807, 2.05) is 0 Å². The molecule has 4 nitrogen and oxygen atoms in total. The Hall–Kier alpha value is -6.10. The Labute approximate surface area is 340 Å². The van der Waals surface area contributed by atoms with Crippen LogP contribution in [0.25, 0.3) is 73.5 Å². The molecule has 8 aromatic rings. The molecule has 5 aromatic carbocycles. The topological polar surface area (TPSA) is 35.0 Å². The minimum absolute atomic E-state index is 0.103. The van der Waals surface area contributed by atoms with Crippen LogP contribution in [-0.2, 0) is 37.8 Å². The number of fused-ring (bicyclic) bond motifs is 10. The molecule has 3 aliphatic carbocycles. The van der Waals surface area contributed by atoms with Gasteiger partial charge in [0.1, 0.15) is 11.3 Å². The summed E-state index contributed by atoms with van der Waals surface area (Å²) in [4.78, 5) is 0. The summed E-state index contributed by atoms with van der Waals surface area (Å²) in [6.45, 7) is 10.8. The van der Waals surface area contributed by atoms with Crippen LogP contribution in [0, 0.1) is 0 Å². The number of hydrogen-bond acceptors (Lipinski definition) is 2. The van der Waals surface area contributed by atoms with Crippen LogP contribution >= 0.6 is 0 Å². The first-order chi connectivity index (χ1) is 28.4. The predicted octanol–water partition coefficient (Wildman–Crippen LogP) is 13.4. The fraction of sp³-hybridized carbons (Fsp3) is 0.222. The van der Waals surface area contributed by atoms with Gasteiger partial charge in [-0.1, -0.05) is 87.5 Å². The van der Waals surface area contributed by atoms with E-state index in [2.05, 4.69) is 176 Å². The highest BCUT2D eigenvalue weighted by molar-refractivity contribution is 5.98. The summed E-state index contributed by atoms with van der Waals surface area (Å²) >= 11 is 0. The lowest BCUT2D eigenvalue weighted by Crippen LogP contribution is -2.15. The highest BCUT2D eigenvalue weighted by Gasteiger charge is 2.37. The van der Waals surface area contributed by atoms with Crippen molar-refractivity contribution in [3.05, 3.63) is 171 Å². The summed E-state index contributed by atoms with van der Waals surface area (Å²) < 4.78 is 11.2. The number of nitrogens with zero attached hydrogens (tertiary/aromatic N) is 2.